The molecule has 3 heterocycles. The molecule has 0 fully saturated rings. The van der Waals surface area contributed by atoms with Crippen LogP contribution in [0.1, 0.15) is 0 Å². The van der Waals surface area contributed by atoms with Crippen LogP contribution in [-0.4, -0.2) is 19.9 Å². The number of rotatable bonds is 5. The molecule has 7 aromatic carbocycles. The molecular formula is C46H28N4O. The summed E-state index contributed by atoms with van der Waals surface area (Å²) in [4.78, 5) is 20.0. The molecule has 0 aliphatic rings. The van der Waals surface area contributed by atoms with Gasteiger partial charge in [-0.1, -0.05) is 146 Å². The van der Waals surface area contributed by atoms with Gasteiger partial charge in [-0.2, -0.15) is 0 Å². The third-order valence-electron chi connectivity index (χ3n) is 9.49. The summed E-state index contributed by atoms with van der Waals surface area (Å²) in [6, 6.07) is 58.1. The maximum atomic E-state index is 6.56. The summed E-state index contributed by atoms with van der Waals surface area (Å²) in [5.41, 5.74) is 9.54. The minimum absolute atomic E-state index is 0.630. The van der Waals surface area contributed by atoms with Crippen LogP contribution in [0, 0.1) is 0 Å². The van der Waals surface area contributed by atoms with E-state index in [9.17, 15) is 0 Å². The van der Waals surface area contributed by atoms with Crippen molar-refractivity contribution < 1.29 is 4.42 Å². The van der Waals surface area contributed by atoms with Crippen LogP contribution in [-0.2, 0) is 0 Å². The number of pyridine rings is 1. The lowest BCUT2D eigenvalue weighted by Gasteiger charge is -2.11. The van der Waals surface area contributed by atoms with Gasteiger partial charge in [0.15, 0.2) is 17.5 Å². The average molecular weight is 653 g/mol. The summed E-state index contributed by atoms with van der Waals surface area (Å²) >= 11 is 0. The fourth-order valence-corrected chi connectivity index (χ4v) is 6.95. The molecule has 10 rings (SSSR count). The van der Waals surface area contributed by atoms with Crippen LogP contribution in [0.4, 0.5) is 0 Å². The van der Waals surface area contributed by atoms with Crippen LogP contribution in [0.15, 0.2) is 174 Å². The molecule has 10 aromatic rings. The van der Waals surface area contributed by atoms with Crippen molar-refractivity contribution >= 4 is 43.6 Å². The zero-order valence-corrected chi connectivity index (χ0v) is 27.4. The molecule has 0 spiro atoms. The summed E-state index contributed by atoms with van der Waals surface area (Å²) in [5, 5.41) is 5.41. The Bertz CT molecular complexity index is 2840. The van der Waals surface area contributed by atoms with Crippen molar-refractivity contribution in [3.8, 4) is 56.5 Å². The van der Waals surface area contributed by atoms with Gasteiger partial charge in [-0.05, 0) is 46.2 Å². The first-order valence-electron chi connectivity index (χ1n) is 17.0. The quantitative estimate of drug-likeness (QED) is 0.173. The first kappa shape index (κ1) is 29.0. The first-order chi connectivity index (χ1) is 25.2. The Morgan fingerprint density at radius 1 is 0.353 bits per heavy atom. The van der Waals surface area contributed by atoms with Crippen molar-refractivity contribution in [1.29, 1.82) is 0 Å². The van der Waals surface area contributed by atoms with Gasteiger partial charge < -0.3 is 4.42 Å². The van der Waals surface area contributed by atoms with Crippen molar-refractivity contribution in [2.75, 3.05) is 0 Å². The standard InChI is InChI=1S/C46H28N4O/c1-3-12-30(13-4-1)44-48-45(31-14-5-2-6-15-31)50-46(49-44)32-24-22-29(23-25-32)33-18-11-19-36(26-33)42-41-37-20-9-10-21-40(37)51-43(41)38-27-34-16-7-8-17-35(34)28-39(38)47-42/h1-28H. The van der Waals surface area contributed by atoms with Gasteiger partial charge in [-0.25, -0.2) is 19.9 Å². The fraction of sp³-hybridized carbons (Fsp3) is 0. The van der Waals surface area contributed by atoms with E-state index < -0.39 is 0 Å². The van der Waals surface area contributed by atoms with E-state index in [1.165, 1.54) is 0 Å². The zero-order chi connectivity index (χ0) is 33.7. The van der Waals surface area contributed by atoms with Crippen LogP contribution < -0.4 is 0 Å². The van der Waals surface area contributed by atoms with Gasteiger partial charge >= 0.3 is 0 Å². The van der Waals surface area contributed by atoms with E-state index in [1.807, 2.05) is 72.8 Å². The highest BCUT2D eigenvalue weighted by molar-refractivity contribution is 6.20. The highest BCUT2D eigenvalue weighted by Gasteiger charge is 2.19. The van der Waals surface area contributed by atoms with Crippen LogP contribution in [0.5, 0.6) is 0 Å². The molecule has 5 nitrogen and oxygen atoms in total. The Labute approximate surface area is 293 Å². The first-order valence-corrected chi connectivity index (χ1v) is 17.0. The van der Waals surface area contributed by atoms with Crippen LogP contribution in [0.25, 0.3) is 100 Å². The lowest BCUT2D eigenvalue weighted by atomic mass is 9.97. The van der Waals surface area contributed by atoms with Crippen molar-refractivity contribution in [2.45, 2.75) is 0 Å². The Balaban J connectivity index is 1.08. The van der Waals surface area contributed by atoms with E-state index in [2.05, 4.69) is 97.1 Å². The second-order valence-corrected chi connectivity index (χ2v) is 12.7. The van der Waals surface area contributed by atoms with E-state index in [1.54, 1.807) is 0 Å². The number of hydrogen-bond donors (Lipinski definition) is 0. The van der Waals surface area contributed by atoms with E-state index in [0.29, 0.717) is 17.5 Å². The van der Waals surface area contributed by atoms with Gasteiger partial charge in [-0.3, -0.25) is 0 Å². The number of furan rings is 1. The second kappa shape index (κ2) is 11.9. The van der Waals surface area contributed by atoms with Gasteiger partial charge in [0.25, 0.3) is 0 Å². The van der Waals surface area contributed by atoms with Crippen molar-refractivity contribution in [1.82, 2.24) is 19.9 Å². The van der Waals surface area contributed by atoms with Gasteiger partial charge in [0.2, 0.25) is 0 Å². The van der Waals surface area contributed by atoms with E-state index >= 15 is 0 Å². The predicted octanol–water partition coefficient (Wildman–Crippen LogP) is 11.8. The van der Waals surface area contributed by atoms with Crippen molar-refractivity contribution in [3.63, 3.8) is 0 Å². The summed E-state index contributed by atoms with van der Waals surface area (Å²) in [6.07, 6.45) is 0. The largest absolute Gasteiger partial charge is 0.455 e. The Morgan fingerprint density at radius 3 is 1.57 bits per heavy atom. The minimum atomic E-state index is 0.630. The number of para-hydroxylation sites is 1. The summed E-state index contributed by atoms with van der Waals surface area (Å²) < 4.78 is 6.56. The second-order valence-electron chi connectivity index (χ2n) is 12.7. The van der Waals surface area contributed by atoms with Crippen LogP contribution in [0.2, 0.25) is 0 Å². The molecular weight excluding hydrogens is 625 g/mol. The minimum Gasteiger partial charge on any atom is -0.455 e. The van der Waals surface area contributed by atoms with Crippen LogP contribution >= 0.6 is 0 Å². The van der Waals surface area contributed by atoms with Crippen LogP contribution in [0.3, 0.4) is 0 Å². The predicted molar refractivity (Wildman–Crippen MR) is 207 cm³/mol. The van der Waals surface area contributed by atoms with Crippen molar-refractivity contribution in [3.05, 3.63) is 170 Å². The smallest absolute Gasteiger partial charge is 0.164 e. The summed E-state index contributed by atoms with van der Waals surface area (Å²) in [5.74, 6) is 1.92. The van der Waals surface area contributed by atoms with E-state index in [-0.39, 0.29) is 0 Å². The van der Waals surface area contributed by atoms with Gasteiger partial charge in [0, 0.05) is 33.0 Å². The molecule has 0 saturated heterocycles. The number of aromatic nitrogens is 4. The molecule has 0 saturated carbocycles. The van der Waals surface area contributed by atoms with E-state index in [0.717, 1.165) is 82.7 Å². The van der Waals surface area contributed by atoms with Gasteiger partial charge in [0.05, 0.1) is 16.6 Å². The normalized spacial score (nSPS) is 11.5. The number of fused-ring (bicyclic) bond motifs is 6. The summed E-state index contributed by atoms with van der Waals surface area (Å²) in [6.45, 7) is 0. The van der Waals surface area contributed by atoms with E-state index in [4.69, 9.17) is 24.4 Å². The topological polar surface area (TPSA) is 64.7 Å². The zero-order valence-electron chi connectivity index (χ0n) is 27.4. The fourth-order valence-electron chi connectivity index (χ4n) is 6.95. The molecule has 3 aromatic heterocycles. The maximum absolute atomic E-state index is 6.56. The molecule has 0 N–H and O–H groups in total. The number of benzene rings is 7. The third kappa shape index (κ3) is 5.11. The molecule has 0 unspecified atom stereocenters. The summed E-state index contributed by atoms with van der Waals surface area (Å²) in [7, 11) is 0. The lowest BCUT2D eigenvalue weighted by Crippen LogP contribution is -2.00. The highest BCUT2D eigenvalue weighted by Crippen LogP contribution is 2.41. The molecule has 51 heavy (non-hydrogen) atoms. The molecule has 0 bridgehead atoms. The molecule has 238 valence electrons. The molecule has 0 amide bonds. The Kier molecular flexibility index (Phi) is 6.74. The molecule has 0 atom stereocenters. The monoisotopic (exact) mass is 652 g/mol. The Morgan fingerprint density at radius 2 is 0.882 bits per heavy atom. The number of hydrogen-bond acceptors (Lipinski definition) is 5. The van der Waals surface area contributed by atoms with Gasteiger partial charge in [-0.15, -0.1) is 0 Å². The Hall–Kier alpha value is -6.98. The number of nitrogens with zero attached hydrogens (tertiary/aromatic N) is 4. The SMILES string of the molecule is c1ccc(-c2nc(-c3ccccc3)nc(-c3ccc(-c4cccc(-c5nc6cc7ccccc7cc6c6oc7ccccc7c56)c4)cc3)n2)cc1. The molecule has 0 aliphatic carbocycles. The van der Waals surface area contributed by atoms with Gasteiger partial charge in [0.1, 0.15) is 11.2 Å². The molecule has 0 aliphatic heterocycles. The molecule has 0 radical (unpaired) electrons. The third-order valence-corrected chi connectivity index (χ3v) is 9.49. The average Bonchev–Trinajstić information content (AvgIpc) is 3.61. The van der Waals surface area contributed by atoms with Crippen molar-refractivity contribution in [2.24, 2.45) is 0 Å². The lowest BCUT2D eigenvalue weighted by molar-refractivity contribution is 0.672. The molecule has 5 heteroatoms. The maximum Gasteiger partial charge on any atom is 0.164 e. The highest BCUT2D eigenvalue weighted by atomic mass is 16.3.